The third-order valence-corrected chi connectivity index (χ3v) is 4.69. The Labute approximate surface area is 102 Å². The van der Waals surface area contributed by atoms with Crippen molar-refractivity contribution in [3.05, 3.63) is 0 Å². The number of hydrogen-bond acceptors (Lipinski definition) is 2. The fourth-order valence-corrected chi connectivity index (χ4v) is 2.52. The van der Waals surface area contributed by atoms with Crippen LogP contribution in [0, 0.1) is 5.41 Å². The minimum absolute atomic E-state index is 0.317. The molecule has 98 valence electrons. The zero-order valence-electron chi connectivity index (χ0n) is 11.1. The summed E-state index contributed by atoms with van der Waals surface area (Å²) in [5.74, 6) is 0. The van der Waals surface area contributed by atoms with Crippen LogP contribution in [0.25, 0.3) is 0 Å². The third kappa shape index (κ3) is 2.12. The molecule has 0 bridgehead atoms. The predicted molar refractivity (Wildman–Crippen MR) is 63.2 cm³/mol. The molecule has 0 atom stereocenters. The maximum atomic E-state index is 13.1. The summed E-state index contributed by atoms with van der Waals surface area (Å²) in [6.07, 6.45) is 0.125. The zero-order chi connectivity index (χ0) is 12.9. The van der Waals surface area contributed by atoms with E-state index in [4.69, 9.17) is 9.31 Å². The second-order valence-corrected chi connectivity index (χ2v) is 6.41. The van der Waals surface area contributed by atoms with E-state index >= 15 is 0 Å². The standard InChI is InChI=1S/C12H21BF2O2/c1-10(2)11(3,4)17-13(16-10)8-12(9(14)15)6-5-7-12/h9H,5-8H2,1-4H3. The first-order chi connectivity index (χ1) is 7.69. The lowest BCUT2D eigenvalue weighted by Gasteiger charge is -2.41. The molecule has 0 aromatic heterocycles. The molecule has 1 heterocycles. The summed E-state index contributed by atoms with van der Waals surface area (Å²) in [7, 11) is -0.491. The summed E-state index contributed by atoms with van der Waals surface area (Å²) in [6.45, 7) is 7.79. The van der Waals surface area contributed by atoms with Crippen LogP contribution in [0.4, 0.5) is 8.78 Å². The van der Waals surface area contributed by atoms with Gasteiger partial charge in [-0.25, -0.2) is 8.78 Å². The molecular formula is C12H21BF2O2. The van der Waals surface area contributed by atoms with Gasteiger partial charge in [-0.1, -0.05) is 6.42 Å². The van der Waals surface area contributed by atoms with E-state index in [-0.39, 0.29) is 0 Å². The summed E-state index contributed by atoms with van der Waals surface area (Å²) in [5, 5.41) is 0. The molecule has 0 aromatic carbocycles. The van der Waals surface area contributed by atoms with E-state index in [1.54, 1.807) is 0 Å². The quantitative estimate of drug-likeness (QED) is 0.709. The first-order valence-corrected chi connectivity index (χ1v) is 6.32. The van der Waals surface area contributed by atoms with Crippen molar-refractivity contribution < 1.29 is 18.1 Å². The Balaban J connectivity index is 2.02. The topological polar surface area (TPSA) is 18.5 Å². The number of alkyl halides is 2. The van der Waals surface area contributed by atoms with E-state index < -0.39 is 30.2 Å². The molecule has 5 heteroatoms. The smallest absolute Gasteiger partial charge is 0.403 e. The Morgan fingerprint density at radius 1 is 1.06 bits per heavy atom. The highest BCUT2D eigenvalue weighted by Crippen LogP contribution is 2.52. The highest BCUT2D eigenvalue weighted by atomic mass is 19.3. The summed E-state index contributed by atoms with van der Waals surface area (Å²) in [6, 6.07) is 0. The van der Waals surface area contributed by atoms with Gasteiger partial charge in [-0.2, -0.15) is 0 Å². The van der Waals surface area contributed by atoms with Gasteiger partial charge in [-0.3, -0.25) is 0 Å². The molecule has 1 saturated carbocycles. The van der Waals surface area contributed by atoms with Crippen molar-refractivity contribution >= 4 is 7.12 Å². The van der Waals surface area contributed by atoms with Crippen molar-refractivity contribution in [2.45, 2.75) is 70.9 Å². The molecule has 0 aromatic rings. The van der Waals surface area contributed by atoms with Crippen LogP contribution >= 0.6 is 0 Å². The SMILES string of the molecule is CC1(C)OB(CC2(C(F)F)CCC2)OC1(C)C. The number of rotatable bonds is 3. The van der Waals surface area contributed by atoms with Gasteiger partial charge in [-0.15, -0.1) is 0 Å². The van der Waals surface area contributed by atoms with E-state index in [0.717, 1.165) is 6.42 Å². The Kier molecular flexibility index (Phi) is 3.06. The monoisotopic (exact) mass is 246 g/mol. The molecular weight excluding hydrogens is 225 g/mol. The van der Waals surface area contributed by atoms with Gasteiger partial charge in [0.1, 0.15) is 0 Å². The highest BCUT2D eigenvalue weighted by Gasteiger charge is 2.56. The summed E-state index contributed by atoms with van der Waals surface area (Å²) in [5.41, 5.74) is -1.71. The fraction of sp³-hybridized carbons (Fsp3) is 1.00. The zero-order valence-corrected chi connectivity index (χ0v) is 11.1. The van der Waals surface area contributed by atoms with Crippen LogP contribution in [0.3, 0.4) is 0 Å². The van der Waals surface area contributed by atoms with Gasteiger partial charge in [0, 0.05) is 5.41 Å². The second kappa shape index (κ2) is 3.92. The lowest BCUT2D eigenvalue weighted by atomic mass is 9.58. The Morgan fingerprint density at radius 2 is 1.53 bits per heavy atom. The maximum absolute atomic E-state index is 13.1. The van der Waals surface area contributed by atoms with Crippen LogP contribution in [0.1, 0.15) is 47.0 Å². The minimum Gasteiger partial charge on any atom is -0.403 e. The summed E-state index contributed by atoms with van der Waals surface area (Å²) < 4.78 is 37.7. The van der Waals surface area contributed by atoms with Crippen LogP contribution in [0.2, 0.25) is 6.32 Å². The van der Waals surface area contributed by atoms with Crippen molar-refractivity contribution in [2.24, 2.45) is 5.41 Å². The molecule has 1 aliphatic carbocycles. The van der Waals surface area contributed by atoms with Gasteiger partial charge in [0.2, 0.25) is 6.43 Å². The maximum Gasteiger partial charge on any atom is 0.458 e. The van der Waals surface area contributed by atoms with Gasteiger partial charge in [-0.05, 0) is 46.9 Å². The van der Waals surface area contributed by atoms with Crippen molar-refractivity contribution in [1.29, 1.82) is 0 Å². The molecule has 2 fully saturated rings. The lowest BCUT2D eigenvalue weighted by molar-refractivity contribution is -0.0501. The number of halogens is 2. The van der Waals surface area contributed by atoms with E-state index in [1.165, 1.54) is 0 Å². The third-order valence-electron chi connectivity index (χ3n) is 4.69. The normalized spacial score (nSPS) is 29.5. The minimum atomic E-state index is -2.27. The summed E-state index contributed by atoms with van der Waals surface area (Å²) in [4.78, 5) is 0. The van der Waals surface area contributed by atoms with E-state index in [2.05, 4.69) is 0 Å². The van der Waals surface area contributed by atoms with Crippen LogP contribution in [0.15, 0.2) is 0 Å². The van der Waals surface area contributed by atoms with E-state index in [0.29, 0.717) is 19.2 Å². The Bertz CT molecular complexity index is 285. The number of hydrogen-bond donors (Lipinski definition) is 0. The Morgan fingerprint density at radius 3 is 1.82 bits per heavy atom. The molecule has 1 saturated heterocycles. The van der Waals surface area contributed by atoms with Gasteiger partial charge >= 0.3 is 7.12 Å². The molecule has 0 N–H and O–H groups in total. The Hall–Kier alpha value is -0.155. The van der Waals surface area contributed by atoms with E-state index in [1.807, 2.05) is 27.7 Å². The second-order valence-electron chi connectivity index (χ2n) is 6.41. The molecule has 0 amide bonds. The van der Waals surface area contributed by atoms with Crippen LogP contribution < -0.4 is 0 Å². The fourth-order valence-electron chi connectivity index (χ4n) is 2.52. The van der Waals surface area contributed by atoms with Crippen LogP contribution in [-0.4, -0.2) is 24.7 Å². The largest absolute Gasteiger partial charge is 0.458 e. The van der Waals surface area contributed by atoms with E-state index in [9.17, 15) is 8.78 Å². The van der Waals surface area contributed by atoms with Crippen molar-refractivity contribution in [2.75, 3.05) is 0 Å². The lowest BCUT2D eigenvalue weighted by Crippen LogP contribution is -2.41. The molecule has 0 radical (unpaired) electrons. The average molecular weight is 246 g/mol. The molecule has 2 rings (SSSR count). The molecule has 0 unspecified atom stereocenters. The van der Waals surface area contributed by atoms with Gasteiger partial charge in [0.15, 0.2) is 0 Å². The first kappa shape index (κ1) is 13.3. The predicted octanol–water partition coefficient (Wildman–Crippen LogP) is 3.51. The van der Waals surface area contributed by atoms with Gasteiger partial charge in [0.25, 0.3) is 0 Å². The molecule has 2 aliphatic rings. The molecule has 0 spiro atoms. The van der Waals surface area contributed by atoms with Crippen molar-refractivity contribution in [3.8, 4) is 0 Å². The van der Waals surface area contributed by atoms with Crippen molar-refractivity contribution in [1.82, 2.24) is 0 Å². The van der Waals surface area contributed by atoms with Gasteiger partial charge < -0.3 is 9.31 Å². The van der Waals surface area contributed by atoms with Crippen LogP contribution in [0.5, 0.6) is 0 Å². The molecule has 1 aliphatic heterocycles. The molecule has 2 nitrogen and oxygen atoms in total. The molecule has 17 heavy (non-hydrogen) atoms. The average Bonchev–Trinajstić information content (AvgIpc) is 2.27. The van der Waals surface area contributed by atoms with Crippen molar-refractivity contribution in [3.63, 3.8) is 0 Å². The summed E-state index contributed by atoms with van der Waals surface area (Å²) >= 11 is 0. The van der Waals surface area contributed by atoms with Gasteiger partial charge in [0.05, 0.1) is 11.2 Å². The van der Waals surface area contributed by atoms with Crippen LogP contribution in [-0.2, 0) is 9.31 Å². The first-order valence-electron chi connectivity index (χ1n) is 6.32. The highest BCUT2D eigenvalue weighted by molar-refractivity contribution is 6.45.